The Bertz CT molecular complexity index is 678. The molecule has 0 saturated heterocycles. The number of nitrogens with one attached hydrogen (secondary N) is 1. The van der Waals surface area contributed by atoms with Crippen molar-refractivity contribution < 1.29 is 18.7 Å². The van der Waals surface area contributed by atoms with Gasteiger partial charge in [-0.1, -0.05) is 15.9 Å². The summed E-state index contributed by atoms with van der Waals surface area (Å²) in [5.74, 6) is -0.515. The molecule has 0 bridgehead atoms. The molecule has 1 heterocycles. The summed E-state index contributed by atoms with van der Waals surface area (Å²) in [6.45, 7) is 3.22. The van der Waals surface area contributed by atoms with Crippen LogP contribution in [0.2, 0.25) is 0 Å². The van der Waals surface area contributed by atoms with E-state index in [1.165, 1.54) is 12.3 Å². The Morgan fingerprint density at radius 1 is 1.29 bits per heavy atom. The van der Waals surface area contributed by atoms with Crippen LogP contribution < -0.4 is 5.32 Å². The second kappa shape index (κ2) is 6.58. The minimum atomic E-state index is -0.580. The summed E-state index contributed by atoms with van der Waals surface area (Å²) in [6.07, 6.45) is 1.40. The third kappa shape index (κ3) is 3.95. The highest BCUT2D eigenvalue weighted by molar-refractivity contribution is 9.10. The summed E-state index contributed by atoms with van der Waals surface area (Å²) in [6, 6.07) is 6.93. The summed E-state index contributed by atoms with van der Waals surface area (Å²) in [7, 11) is 0. The first-order chi connectivity index (χ1) is 9.97. The Hall–Kier alpha value is -2.08. The number of ether oxygens (including phenoxy) is 1. The van der Waals surface area contributed by atoms with E-state index in [1.54, 1.807) is 13.0 Å². The molecule has 0 radical (unpaired) electrons. The van der Waals surface area contributed by atoms with E-state index < -0.39 is 11.9 Å². The number of rotatable bonds is 4. The van der Waals surface area contributed by atoms with Gasteiger partial charge in [-0.15, -0.1) is 0 Å². The Balaban J connectivity index is 1.89. The molecule has 21 heavy (non-hydrogen) atoms. The van der Waals surface area contributed by atoms with Crippen LogP contribution in [0.4, 0.5) is 5.69 Å². The molecule has 110 valence electrons. The maximum Gasteiger partial charge on any atom is 0.342 e. The van der Waals surface area contributed by atoms with Gasteiger partial charge in [0.05, 0.1) is 6.26 Å². The van der Waals surface area contributed by atoms with Gasteiger partial charge in [0.15, 0.2) is 6.61 Å². The third-order valence-electron chi connectivity index (χ3n) is 2.85. The molecule has 2 rings (SSSR count). The monoisotopic (exact) mass is 351 g/mol. The molecular weight excluding hydrogens is 338 g/mol. The molecule has 0 atom stereocenters. The van der Waals surface area contributed by atoms with Crippen molar-refractivity contribution in [2.75, 3.05) is 11.9 Å². The van der Waals surface area contributed by atoms with Gasteiger partial charge >= 0.3 is 5.97 Å². The number of hydrogen-bond donors (Lipinski definition) is 1. The molecule has 1 aromatic heterocycles. The van der Waals surface area contributed by atoms with Crippen molar-refractivity contribution in [2.45, 2.75) is 13.8 Å². The number of halogens is 1. The minimum absolute atomic E-state index is 0.322. The Kier molecular flexibility index (Phi) is 4.80. The van der Waals surface area contributed by atoms with Crippen LogP contribution in [0.15, 0.2) is 39.4 Å². The lowest BCUT2D eigenvalue weighted by Crippen LogP contribution is -2.21. The normalized spacial score (nSPS) is 10.2. The second-order valence-corrected chi connectivity index (χ2v) is 5.33. The molecule has 0 spiro atoms. The van der Waals surface area contributed by atoms with Crippen molar-refractivity contribution in [3.05, 3.63) is 51.9 Å². The Labute approximate surface area is 130 Å². The summed E-state index contributed by atoms with van der Waals surface area (Å²) in [4.78, 5) is 23.5. The summed E-state index contributed by atoms with van der Waals surface area (Å²) < 4.78 is 10.9. The van der Waals surface area contributed by atoms with Crippen LogP contribution in [0.5, 0.6) is 0 Å². The molecule has 1 N–H and O–H groups in total. The minimum Gasteiger partial charge on any atom is -0.469 e. The zero-order valence-electron chi connectivity index (χ0n) is 11.6. The van der Waals surface area contributed by atoms with Crippen molar-refractivity contribution >= 4 is 33.5 Å². The highest BCUT2D eigenvalue weighted by atomic mass is 79.9. The number of benzene rings is 1. The first-order valence-electron chi connectivity index (χ1n) is 6.24. The second-order valence-electron chi connectivity index (χ2n) is 4.48. The number of furan rings is 1. The summed E-state index contributed by atoms with van der Waals surface area (Å²) in [5, 5.41) is 2.66. The molecule has 0 unspecified atom stereocenters. The van der Waals surface area contributed by atoms with E-state index in [1.807, 2.05) is 19.1 Å². The van der Waals surface area contributed by atoms with E-state index in [-0.39, 0.29) is 6.61 Å². The van der Waals surface area contributed by atoms with E-state index in [0.29, 0.717) is 17.0 Å². The lowest BCUT2D eigenvalue weighted by atomic mass is 10.2. The van der Waals surface area contributed by atoms with Crippen LogP contribution in [0.3, 0.4) is 0 Å². The maximum atomic E-state index is 11.7. The topological polar surface area (TPSA) is 68.5 Å². The molecule has 2 aromatic rings. The molecule has 5 nitrogen and oxygen atoms in total. The van der Waals surface area contributed by atoms with Gasteiger partial charge in [0, 0.05) is 10.2 Å². The Morgan fingerprint density at radius 3 is 2.67 bits per heavy atom. The van der Waals surface area contributed by atoms with Crippen molar-refractivity contribution in [3.8, 4) is 0 Å². The number of carbonyl (C=O) groups excluding carboxylic acids is 2. The van der Waals surface area contributed by atoms with E-state index >= 15 is 0 Å². The molecule has 0 aliphatic rings. The number of amides is 1. The molecule has 0 saturated carbocycles. The average Bonchev–Trinajstić information content (AvgIpc) is 2.86. The Morgan fingerprint density at radius 2 is 2.05 bits per heavy atom. The number of anilines is 1. The van der Waals surface area contributed by atoms with Crippen molar-refractivity contribution in [1.82, 2.24) is 0 Å². The number of aryl methyl sites for hydroxylation is 2. The zero-order valence-corrected chi connectivity index (χ0v) is 13.2. The van der Waals surface area contributed by atoms with Gasteiger partial charge in [-0.3, -0.25) is 4.79 Å². The van der Waals surface area contributed by atoms with Crippen LogP contribution >= 0.6 is 15.9 Å². The van der Waals surface area contributed by atoms with Gasteiger partial charge < -0.3 is 14.5 Å². The lowest BCUT2D eigenvalue weighted by Gasteiger charge is -2.07. The molecule has 0 aliphatic carbocycles. The molecule has 1 amide bonds. The smallest absolute Gasteiger partial charge is 0.342 e. The zero-order chi connectivity index (χ0) is 15.4. The van der Waals surface area contributed by atoms with E-state index in [4.69, 9.17) is 9.15 Å². The number of esters is 1. The van der Waals surface area contributed by atoms with Gasteiger partial charge in [-0.05, 0) is 43.7 Å². The standard InChI is InChI=1S/C15H14BrNO4/c1-9-7-11(3-4-13(9)16)17-14(18)8-21-15(19)12-5-6-20-10(12)2/h3-7H,8H2,1-2H3,(H,17,18). The number of carbonyl (C=O) groups is 2. The highest BCUT2D eigenvalue weighted by Gasteiger charge is 2.14. The maximum absolute atomic E-state index is 11.7. The van der Waals surface area contributed by atoms with Crippen LogP contribution in [-0.4, -0.2) is 18.5 Å². The van der Waals surface area contributed by atoms with Crippen LogP contribution in [-0.2, 0) is 9.53 Å². The fourth-order valence-electron chi connectivity index (χ4n) is 1.73. The largest absolute Gasteiger partial charge is 0.469 e. The average molecular weight is 352 g/mol. The van der Waals surface area contributed by atoms with Crippen molar-refractivity contribution in [2.24, 2.45) is 0 Å². The van der Waals surface area contributed by atoms with Crippen LogP contribution in [0.1, 0.15) is 21.7 Å². The molecule has 0 aliphatic heterocycles. The van der Waals surface area contributed by atoms with Gasteiger partial charge in [0.2, 0.25) is 0 Å². The first-order valence-corrected chi connectivity index (χ1v) is 7.04. The fraction of sp³-hybridized carbons (Fsp3) is 0.200. The predicted molar refractivity (Wildman–Crippen MR) is 81.2 cm³/mol. The van der Waals surface area contributed by atoms with E-state index in [9.17, 15) is 9.59 Å². The van der Waals surface area contributed by atoms with Gasteiger partial charge in [0.25, 0.3) is 5.91 Å². The van der Waals surface area contributed by atoms with E-state index in [2.05, 4.69) is 21.2 Å². The number of hydrogen-bond acceptors (Lipinski definition) is 4. The van der Waals surface area contributed by atoms with Crippen LogP contribution in [0, 0.1) is 13.8 Å². The molecule has 0 fully saturated rings. The van der Waals surface area contributed by atoms with Crippen molar-refractivity contribution in [1.29, 1.82) is 0 Å². The van der Waals surface area contributed by atoms with Gasteiger partial charge in [-0.2, -0.15) is 0 Å². The van der Waals surface area contributed by atoms with Gasteiger partial charge in [-0.25, -0.2) is 4.79 Å². The lowest BCUT2D eigenvalue weighted by molar-refractivity contribution is -0.119. The molecule has 1 aromatic carbocycles. The first kappa shape index (κ1) is 15.3. The van der Waals surface area contributed by atoms with Crippen molar-refractivity contribution in [3.63, 3.8) is 0 Å². The summed E-state index contributed by atoms with van der Waals surface area (Å²) >= 11 is 3.38. The van der Waals surface area contributed by atoms with Crippen LogP contribution in [0.25, 0.3) is 0 Å². The SMILES string of the molecule is Cc1cc(NC(=O)COC(=O)c2ccoc2C)ccc1Br. The van der Waals surface area contributed by atoms with Gasteiger partial charge in [0.1, 0.15) is 11.3 Å². The third-order valence-corrected chi connectivity index (χ3v) is 3.74. The van der Waals surface area contributed by atoms with E-state index in [0.717, 1.165) is 10.0 Å². The summed E-state index contributed by atoms with van der Waals surface area (Å²) in [5.41, 5.74) is 1.97. The quantitative estimate of drug-likeness (QED) is 0.856. The fourth-order valence-corrected chi connectivity index (χ4v) is 1.97. The molecule has 6 heteroatoms. The predicted octanol–water partition coefficient (Wildman–Crippen LogP) is 3.45. The molecular formula is C15H14BrNO4. The highest BCUT2D eigenvalue weighted by Crippen LogP contribution is 2.20.